The molecule has 9 nitrogen and oxygen atoms in total. The summed E-state index contributed by atoms with van der Waals surface area (Å²) in [5, 5.41) is 7.12. The molecule has 0 bridgehead atoms. The molecule has 0 radical (unpaired) electrons. The van der Waals surface area contributed by atoms with Gasteiger partial charge in [0.25, 0.3) is 5.91 Å². The summed E-state index contributed by atoms with van der Waals surface area (Å²) in [7, 11) is 0. The monoisotopic (exact) mass is 457 g/mol. The summed E-state index contributed by atoms with van der Waals surface area (Å²) in [6, 6.07) is 3.75. The van der Waals surface area contributed by atoms with Gasteiger partial charge in [-0.1, -0.05) is 0 Å². The van der Waals surface area contributed by atoms with Crippen molar-refractivity contribution < 1.29 is 41.8 Å². The Labute approximate surface area is 181 Å². The average molecular weight is 457 g/mol. The van der Waals surface area contributed by atoms with Crippen molar-refractivity contribution in [3.63, 3.8) is 0 Å². The van der Waals surface area contributed by atoms with Gasteiger partial charge >= 0.3 is 12.1 Å². The molecule has 1 atom stereocenters. The topological polar surface area (TPSA) is 115 Å². The Morgan fingerprint density at radius 3 is 2.59 bits per heavy atom. The number of halogens is 3. The largest absolute Gasteiger partial charge is 0.490 e. The minimum absolute atomic E-state index is 0.0565. The van der Waals surface area contributed by atoms with Crippen LogP contribution in [0.5, 0.6) is 5.75 Å². The van der Waals surface area contributed by atoms with Crippen molar-refractivity contribution in [1.82, 2.24) is 14.9 Å². The Kier molecular flexibility index (Phi) is 7.33. The number of rotatable bonds is 4. The average Bonchev–Trinajstić information content (AvgIpc) is 3.44. The maximum Gasteiger partial charge on any atom is 0.490 e. The molecule has 174 valence electrons. The predicted molar refractivity (Wildman–Crippen MR) is 102 cm³/mol. The molecule has 2 saturated heterocycles. The van der Waals surface area contributed by atoms with Gasteiger partial charge in [0, 0.05) is 19.3 Å². The molecule has 1 spiro atoms. The number of aliphatic carboxylic acids is 1. The van der Waals surface area contributed by atoms with Crippen LogP contribution in [0.15, 0.2) is 41.6 Å². The second kappa shape index (κ2) is 9.98. The third-order valence-corrected chi connectivity index (χ3v) is 5.36. The van der Waals surface area contributed by atoms with Crippen LogP contribution in [0.25, 0.3) is 0 Å². The van der Waals surface area contributed by atoms with Crippen LogP contribution in [-0.2, 0) is 9.53 Å². The molecule has 4 heterocycles. The number of pyridine rings is 1. The van der Waals surface area contributed by atoms with E-state index >= 15 is 0 Å². The smallest absolute Gasteiger partial charge is 0.489 e. The third kappa shape index (κ3) is 6.19. The maximum absolute atomic E-state index is 12.3. The molecule has 12 heteroatoms. The van der Waals surface area contributed by atoms with E-state index in [1.54, 1.807) is 12.4 Å². The van der Waals surface area contributed by atoms with Crippen molar-refractivity contribution in [3.8, 4) is 5.75 Å². The van der Waals surface area contributed by atoms with E-state index in [-0.39, 0.29) is 17.4 Å². The van der Waals surface area contributed by atoms with Crippen LogP contribution in [0.3, 0.4) is 0 Å². The van der Waals surface area contributed by atoms with E-state index in [2.05, 4.69) is 9.97 Å². The summed E-state index contributed by atoms with van der Waals surface area (Å²) in [6.45, 7) is 2.73. The Balaban J connectivity index is 0.000000360. The first kappa shape index (κ1) is 23.5. The molecular weight excluding hydrogens is 435 g/mol. The number of carboxylic acids is 1. The second-order valence-corrected chi connectivity index (χ2v) is 7.61. The fourth-order valence-corrected chi connectivity index (χ4v) is 3.64. The molecule has 2 aromatic heterocycles. The summed E-state index contributed by atoms with van der Waals surface area (Å²) in [5.41, 5.74) is 0.533. The first-order valence-electron chi connectivity index (χ1n) is 9.81. The van der Waals surface area contributed by atoms with Gasteiger partial charge in [0.2, 0.25) is 0 Å². The lowest BCUT2D eigenvalue weighted by molar-refractivity contribution is -0.192. The Bertz CT molecular complexity index is 884. The van der Waals surface area contributed by atoms with Gasteiger partial charge in [-0.25, -0.2) is 9.78 Å². The van der Waals surface area contributed by atoms with E-state index in [1.165, 1.54) is 12.7 Å². The van der Waals surface area contributed by atoms with Crippen molar-refractivity contribution in [2.24, 2.45) is 5.41 Å². The molecule has 2 aliphatic heterocycles. The van der Waals surface area contributed by atoms with Gasteiger partial charge in [0.1, 0.15) is 18.6 Å². The van der Waals surface area contributed by atoms with Gasteiger partial charge in [-0.3, -0.25) is 9.78 Å². The van der Waals surface area contributed by atoms with Gasteiger partial charge < -0.3 is 23.9 Å². The fraction of sp³-hybridized carbons (Fsp3) is 0.500. The molecule has 1 amide bonds. The Hall–Kier alpha value is -3.15. The van der Waals surface area contributed by atoms with E-state index in [0.29, 0.717) is 12.3 Å². The SMILES string of the molecule is O=C(O)C(F)(F)F.O=C(c1cocn1)N1CCC2(CC1)COC(COc1cccnc1)C2. The first-order chi connectivity index (χ1) is 15.2. The van der Waals surface area contributed by atoms with E-state index in [9.17, 15) is 18.0 Å². The molecule has 2 fully saturated rings. The predicted octanol–water partition coefficient (Wildman–Crippen LogP) is 2.79. The molecule has 2 aromatic rings. The summed E-state index contributed by atoms with van der Waals surface area (Å²) >= 11 is 0. The van der Waals surface area contributed by atoms with E-state index in [1.807, 2.05) is 17.0 Å². The molecule has 0 saturated carbocycles. The lowest BCUT2D eigenvalue weighted by atomic mass is 9.76. The summed E-state index contributed by atoms with van der Waals surface area (Å²) in [6.07, 6.45) is 3.99. The number of aromatic nitrogens is 2. The number of carbonyl (C=O) groups excluding carboxylic acids is 1. The molecule has 2 aliphatic rings. The highest BCUT2D eigenvalue weighted by atomic mass is 19.4. The van der Waals surface area contributed by atoms with Crippen molar-refractivity contribution in [1.29, 1.82) is 0 Å². The molecule has 0 aliphatic carbocycles. The van der Waals surface area contributed by atoms with Crippen LogP contribution in [0.2, 0.25) is 0 Å². The number of carbonyl (C=O) groups is 2. The minimum Gasteiger partial charge on any atom is -0.489 e. The Morgan fingerprint density at radius 1 is 1.31 bits per heavy atom. The number of hydrogen-bond acceptors (Lipinski definition) is 7. The number of hydrogen-bond donors (Lipinski definition) is 1. The maximum atomic E-state index is 12.3. The van der Waals surface area contributed by atoms with Crippen molar-refractivity contribution in [2.75, 3.05) is 26.3 Å². The highest BCUT2D eigenvalue weighted by Crippen LogP contribution is 2.42. The molecule has 1 N–H and O–H groups in total. The van der Waals surface area contributed by atoms with Gasteiger partial charge in [-0.2, -0.15) is 13.2 Å². The van der Waals surface area contributed by atoms with Crippen LogP contribution >= 0.6 is 0 Å². The van der Waals surface area contributed by atoms with Crippen LogP contribution in [-0.4, -0.2) is 70.4 Å². The van der Waals surface area contributed by atoms with Crippen molar-refractivity contribution in [3.05, 3.63) is 42.9 Å². The van der Waals surface area contributed by atoms with Crippen molar-refractivity contribution in [2.45, 2.75) is 31.5 Å². The Morgan fingerprint density at radius 2 is 2.03 bits per heavy atom. The highest BCUT2D eigenvalue weighted by molar-refractivity contribution is 5.91. The number of piperidine rings is 1. The van der Waals surface area contributed by atoms with Gasteiger partial charge in [0.05, 0.1) is 18.9 Å². The number of ether oxygens (including phenoxy) is 2. The number of amides is 1. The van der Waals surface area contributed by atoms with E-state index in [0.717, 1.165) is 44.7 Å². The van der Waals surface area contributed by atoms with Gasteiger partial charge in [-0.05, 0) is 36.8 Å². The standard InChI is InChI=1S/C18H21N3O4.C2HF3O2/c22-17(16-11-23-13-20-16)21-6-3-18(4-7-21)8-15(25-12-18)10-24-14-2-1-5-19-9-14;3-2(4,5)1(6)7/h1-2,5,9,11,13,15H,3-4,6-8,10,12H2;(H,6,7). The lowest BCUT2D eigenvalue weighted by Gasteiger charge is -2.38. The van der Waals surface area contributed by atoms with Crippen LogP contribution in [0, 0.1) is 5.41 Å². The number of nitrogens with zero attached hydrogens (tertiary/aromatic N) is 3. The summed E-state index contributed by atoms with van der Waals surface area (Å²) < 4.78 is 48.4. The summed E-state index contributed by atoms with van der Waals surface area (Å²) in [5.74, 6) is -2.05. The zero-order valence-corrected chi connectivity index (χ0v) is 17.0. The molecule has 4 rings (SSSR count). The molecule has 32 heavy (non-hydrogen) atoms. The van der Waals surface area contributed by atoms with Crippen LogP contribution in [0.4, 0.5) is 13.2 Å². The molecule has 1 unspecified atom stereocenters. The van der Waals surface area contributed by atoms with E-state index in [4.69, 9.17) is 23.8 Å². The highest BCUT2D eigenvalue weighted by Gasteiger charge is 2.43. The first-order valence-corrected chi connectivity index (χ1v) is 9.81. The fourth-order valence-electron chi connectivity index (χ4n) is 3.64. The normalized spacial score (nSPS) is 19.8. The van der Waals surface area contributed by atoms with Crippen LogP contribution in [0.1, 0.15) is 29.8 Å². The van der Waals surface area contributed by atoms with E-state index < -0.39 is 12.1 Å². The van der Waals surface area contributed by atoms with Gasteiger partial charge in [-0.15, -0.1) is 0 Å². The second-order valence-electron chi connectivity index (χ2n) is 7.61. The number of likely N-dealkylation sites (tertiary alicyclic amines) is 1. The van der Waals surface area contributed by atoms with Gasteiger partial charge in [0.15, 0.2) is 12.1 Å². The lowest BCUT2D eigenvalue weighted by Crippen LogP contribution is -2.43. The zero-order chi connectivity index (χ0) is 23.2. The third-order valence-electron chi connectivity index (χ3n) is 5.36. The minimum atomic E-state index is -5.08. The molecular formula is C20H22F3N3O6. The number of carboxylic acid groups (broad SMARTS) is 1. The number of oxazole rings is 1. The van der Waals surface area contributed by atoms with Crippen molar-refractivity contribution >= 4 is 11.9 Å². The zero-order valence-electron chi connectivity index (χ0n) is 17.0. The molecule has 0 aromatic carbocycles. The van der Waals surface area contributed by atoms with Crippen LogP contribution < -0.4 is 4.74 Å². The summed E-state index contributed by atoms with van der Waals surface area (Å²) in [4.78, 5) is 31.1. The quantitative estimate of drug-likeness (QED) is 0.746. The number of alkyl halides is 3.